The van der Waals surface area contributed by atoms with Gasteiger partial charge in [-0.2, -0.15) is 0 Å². The van der Waals surface area contributed by atoms with Gasteiger partial charge < -0.3 is 15.2 Å². The second-order valence-electron chi connectivity index (χ2n) is 7.05. The lowest BCUT2D eigenvalue weighted by Crippen LogP contribution is -2.43. The highest BCUT2D eigenvalue weighted by atomic mass is 19.1. The Kier molecular flexibility index (Phi) is 6.17. The van der Waals surface area contributed by atoms with E-state index in [9.17, 15) is 4.39 Å². The van der Waals surface area contributed by atoms with Gasteiger partial charge in [0.25, 0.3) is 0 Å². The average Bonchev–Trinajstić information content (AvgIpc) is 3.04. The van der Waals surface area contributed by atoms with E-state index in [0.29, 0.717) is 25.0 Å². The molecule has 0 bridgehead atoms. The van der Waals surface area contributed by atoms with Crippen molar-refractivity contribution in [1.82, 2.24) is 15.8 Å². The summed E-state index contributed by atoms with van der Waals surface area (Å²) in [6.45, 7) is 9.39. The Morgan fingerprint density at radius 1 is 1.28 bits per heavy atom. The van der Waals surface area contributed by atoms with E-state index in [2.05, 4.69) is 48.5 Å². The molecule has 0 radical (unpaired) electrons. The molecule has 1 aromatic heterocycles. The minimum absolute atomic E-state index is 0.223. The zero-order chi connectivity index (χ0) is 18.4. The lowest BCUT2D eigenvalue weighted by atomic mass is 9.84. The van der Waals surface area contributed by atoms with E-state index < -0.39 is 0 Å². The molecule has 0 saturated heterocycles. The number of aromatic nitrogens is 1. The van der Waals surface area contributed by atoms with Crippen molar-refractivity contribution in [1.29, 1.82) is 0 Å². The van der Waals surface area contributed by atoms with Crippen molar-refractivity contribution in [2.75, 3.05) is 13.6 Å². The number of halogens is 1. The predicted octanol–water partition coefficient (Wildman–Crippen LogP) is 3.58. The molecule has 0 fully saturated rings. The van der Waals surface area contributed by atoms with Crippen molar-refractivity contribution in [2.24, 2.45) is 4.99 Å². The normalized spacial score (nSPS) is 12.5. The highest BCUT2D eigenvalue weighted by Crippen LogP contribution is 2.22. The third kappa shape index (κ3) is 5.31. The number of guanidine groups is 1. The molecule has 136 valence electrons. The van der Waals surface area contributed by atoms with Crippen molar-refractivity contribution in [3.05, 3.63) is 53.2 Å². The maximum Gasteiger partial charge on any atom is 0.191 e. The van der Waals surface area contributed by atoms with Crippen molar-refractivity contribution in [3.63, 3.8) is 0 Å². The van der Waals surface area contributed by atoms with Gasteiger partial charge in [-0.05, 0) is 23.6 Å². The fraction of sp³-hybridized carbons (Fsp3) is 0.474. The molecule has 1 aromatic carbocycles. The first-order valence-corrected chi connectivity index (χ1v) is 8.48. The zero-order valence-corrected chi connectivity index (χ0v) is 15.6. The molecule has 0 amide bonds. The van der Waals surface area contributed by atoms with Crippen LogP contribution in [0.5, 0.6) is 0 Å². The van der Waals surface area contributed by atoms with Crippen LogP contribution in [0.15, 0.2) is 39.8 Å². The van der Waals surface area contributed by atoms with Crippen LogP contribution >= 0.6 is 0 Å². The van der Waals surface area contributed by atoms with E-state index in [0.717, 1.165) is 17.0 Å². The Balaban J connectivity index is 1.91. The third-order valence-electron chi connectivity index (χ3n) is 4.13. The number of rotatable bonds is 6. The molecule has 0 aliphatic heterocycles. The minimum atomic E-state index is -0.239. The quantitative estimate of drug-likeness (QED) is 0.620. The number of hydrogen-bond acceptors (Lipinski definition) is 3. The number of hydrogen-bond donors (Lipinski definition) is 2. The van der Waals surface area contributed by atoms with Gasteiger partial charge >= 0.3 is 0 Å². The molecule has 0 saturated carbocycles. The Hall–Kier alpha value is -2.37. The maximum absolute atomic E-state index is 13.5. The summed E-state index contributed by atoms with van der Waals surface area (Å²) in [5.41, 5.74) is 1.63. The topological polar surface area (TPSA) is 62.5 Å². The Bertz CT molecular complexity index is 722. The molecule has 0 unspecified atom stereocenters. The molecule has 0 aliphatic rings. The van der Waals surface area contributed by atoms with Crippen molar-refractivity contribution in [2.45, 2.75) is 45.6 Å². The van der Waals surface area contributed by atoms with E-state index in [1.807, 2.05) is 12.1 Å². The van der Waals surface area contributed by atoms with Gasteiger partial charge in [-0.3, -0.25) is 4.99 Å². The molecule has 2 N–H and O–H groups in total. The third-order valence-corrected chi connectivity index (χ3v) is 4.13. The summed E-state index contributed by atoms with van der Waals surface area (Å²) >= 11 is 0. The molecule has 25 heavy (non-hydrogen) atoms. The molecular weight excluding hydrogens is 319 g/mol. The Labute approximate surface area is 148 Å². The van der Waals surface area contributed by atoms with E-state index in [1.165, 1.54) is 6.07 Å². The molecule has 2 rings (SSSR count). The first-order chi connectivity index (χ1) is 11.8. The highest BCUT2D eigenvalue weighted by Gasteiger charge is 2.21. The summed E-state index contributed by atoms with van der Waals surface area (Å²) < 4.78 is 18.8. The van der Waals surface area contributed by atoms with Gasteiger partial charge in [0.05, 0.1) is 12.2 Å². The fourth-order valence-electron chi connectivity index (χ4n) is 2.39. The smallest absolute Gasteiger partial charge is 0.191 e. The van der Waals surface area contributed by atoms with Crippen LogP contribution in [0.1, 0.15) is 50.6 Å². The molecule has 0 atom stereocenters. The Morgan fingerprint density at radius 2 is 2.04 bits per heavy atom. The summed E-state index contributed by atoms with van der Waals surface area (Å²) in [5, 5.41) is 10.5. The summed E-state index contributed by atoms with van der Waals surface area (Å²) in [4.78, 5) is 4.22. The van der Waals surface area contributed by atoms with Crippen LogP contribution in [-0.2, 0) is 12.0 Å². The van der Waals surface area contributed by atoms with Gasteiger partial charge in [0.15, 0.2) is 11.7 Å². The predicted molar refractivity (Wildman–Crippen MR) is 98.2 cm³/mol. The van der Waals surface area contributed by atoms with Gasteiger partial charge in [0.2, 0.25) is 0 Å². The Morgan fingerprint density at radius 3 is 2.64 bits per heavy atom. The molecule has 0 aliphatic carbocycles. The van der Waals surface area contributed by atoms with Crippen LogP contribution in [0.3, 0.4) is 0 Å². The maximum atomic E-state index is 13.5. The number of nitrogens with zero attached hydrogens (tertiary/aromatic N) is 2. The van der Waals surface area contributed by atoms with E-state index >= 15 is 0 Å². The van der Waals surface area contributed by atoms with Crippen LogP contribution in [-0.4, -0.2) is 24.7 Å². The standard InChI is InChI=1S/C19H27FN4O/c1-13(2)17-10-16(25-24-17)11-22-18(21-5)23-12-19(3,4)14-7-6-8-15(20)9-14/h6-10,13H,11-12H2,1-5H3,(H2,21,22,23). The molecule has 5 nitrogen and oxygen atoms in total. The molecule has 2 aromatic rings. The van der Waals surface area contributed by atoms with Crippen molar-refractivity contribution < 1.29 is 8.91 Å². The number of nitrogens with one attached hydrogen (secondary N) is 2. The molecule has 1 heterocycles. The van der Waals surface area contributed by atoms with E-state index in [1.54, 1.807) is 19.2 Å². The van der Waals surface area contributed by atoms with Crippen molar-refractivity contribution >= 4 is 5.96 Å². The number of benzene rings is 1. The highest BCUT2D eigenvalue weighted by molar-refractivity contribution is 5.79. The second-order valence-corrected chi connectivity index (χ2v) is 7.05. The molecule has 6 heteroatoms. The monoisotopic (exact) mass is 346 g/mol. The van der Waals surface area contributed by atoms with Crippen LogP contribution < -0.4 is 10.6 Å². The van der Waals surface area contributed by atoms with Crippen LogP contribution in [0.25, 0.3) is 0 Å². The lowest BCUT2D eigenvalue weighted by molar-refractivity contribution is 0.371. The first kappa shape index (κ1) is 19.0. The summed E-state index contributed by atoms with van der Waals surface area (Å²) in [6, 6.07) is 8.64. The summed E-state index contributed by atoms with van der Waals surface area (Å²) in [5.74, 6) is 1.53. The SMILES string of the molecule is CN=C(NCc1cc(C(C)C)no1)NCC(C)(C)c1cccc(F)c1. The minimum Gasteiger partial charge on any atom is -0.359 e. The van der Waals surface area contributed by atoms with Gasteiger partial charge in [-0.1, -0.05) is 45.0 Å². The molecule has 0 spiro atoms. The van der Waals surface area contributed by atoms with Crippen LogP contribution in [0.2, 0.25) is 0 Å². The van der Waals surface area contributed by atoms with Gasteiger partial charge in [0, 0.05) is 25.1 Å². The first-order valence-electron chi connectivity index (χ1n) is 8.48. The summed E-state index contributed by atoms with van der Waals surface area (Å²) in [6.07, 6.45) is 0. The second kappa shape index (κ2) is 8.14. The van der Waals surface area contributed by atoms with Gasteiger partial charge in [0.1, 0.15) is 5.82 Å². The zero-order valence-electron chi connectivity index (χ0n) is 15.6. The van der Waals surface area contributed by atoms with E-state index in [-0.39, 0.29) is 11.2 Å². The van der Waals surface area contributed by atoms with E-state index in [4.69, 9.17) is 4.52 Å². The largest absolute Gasteiger partial charge is 0.359 e. The van der Waals surface area contributed by atoms with Gasteiger partial charge in [-0.15, -0.1) is 0 Å². The molecular formula is C19H27FN4O. The van der Waals surface area contributed by atoms with Gasteiger partial charge in [-0.25, -0.2) is 4.39 Å². The van der Waals surface area contributed by atoms with Crippen LogP contribution in [0.4, 0.5) is 4.39 Å². The average molecular weight is 346 g/mol. The van der Waals surface area contributed by atoms with Crippen molar-refractivity contribution in [3.8, 4) is 0 Å². The lowest BCUT2D eigenvalue weighted by Gasteiger charge is -2.26. The van der Waals surface area contributed by atoms with Crippen LogP contribution in [0, 0.1) is 5.82 Å². The fourth-order valence-corrected chi connectivity index (χ4v) is 2.39. The number of aliphatic imine (C=N–C) groups is 1. The summed E-state index contributed by atoms with van der Waals surface area (Å²) in [7, 11) is 1.71.